The predicted octanol–water partition coefficient (Wildman–Crippen LogP) is 3.80. The van der Waals surface area contributed by atoms with Crippen molar-refractivity contribution in [3.05, 3.63) is 28.6 Å². The van der Waals surface area contributed by atoms with E-state index in [0.29, 0.717) is 18.8 Å². The Bertz CT molecular complexity index is 682. The van der Waals surface area contributed by atoms with E-state index in [4.69, 9.17) is 6.85 Å². The Labute approximate surface area is 129 Å². The first-order valence-corrected chi connectivity index (χ1v) is 7.70. The van der Waals surface area contributed by atoms with E-state index in [1.807, 2.05) is 0 Å². The van der Waals surface area contributed by atoms with Gasteiger partial charge in [-0.15, -0.1) is 0 Å². The quantitative estimate of drug-likeness (QED) is 0.866. The summed E-state index contributed by atoms with van der Waals surface area (Å²) in [6, 6.07) is -1.61. The third kappa shape index (κ3) is 2.11. The van der Waals surface area contributed by atoms with Gasteiger partial charge >= 0.3 is 0 Å². The minimum Gasteiger partial charge on any atom is -0.390 e. The molecule has 2 atom stereocenters. The van der Waals surface area contributed by atoms with Crippen LogP contribution in [0.15, 0.2) is 28.6 Å². The van der Waals surface area contributed by atoms with E-state index in [9.17, 15) is 5.11 Å². The fourth-order valence-electron chi connectivity index (χ4n) is 4.45. The number of hydrogen-bond donors (Lipinski definition) is 2. The lowest BCUT2D eigenvalue weighted by Gasteiger charge is -2.58. The van der Waals surface area contributed by atoms with Crippen LogP contribution in [0.4, 0.5) is 5.69 Å². The molecule has 4 fully saturated rings. The van der Waals surface area contributed by atoms with Gasteiger partial charge in [0.25, 0.3) is 0 Å². The van der Waals surface area contributed by atoms with Crippen molar-refractivity contribution in [3.8, 4) is 0 Å². The molecule has 19 heavy (non-hydrogen) atoms. The Morgan fingerprint density at radius 3 is 2.42 bits per heavy atom. The Kier molecular flexibility index (Phi) is 1.79. The van der Waals surface area contributed by atoms with Crippen LogP contribution in [0, 0.1) is 17.8 Å². The Morgan fingerprint density at radius 1 is 1.21 bits per heavy atom. The fourth-order valence-corrected chi connectivity index (χ4v) is 4.65. The second-order valence-electron chi connectivity index (χ2n) is 6.34. The average molecular weight is 327 g/mol. The normalized spacial score (nSPS) is 51.1. The molecule has 0 radical (unpaired) electrons. The summed E-state index contributed by atoms with van der Waals surface area (Å²) in [5.41, 5.74) is -0.556. The van der Waals surface area contributed by atoms with Crippen molar-refractivity contribution in [2.45, 2.75) is 43.7 Å². The molecule has 0 amide bonds. The van der Waals surface area contributed by atoms with Crippen LogP contribution in [0.1, 0.15) is 39.0 Å². The Hall–Kier alpha value is -0.540. The molecule has 1 aromatic rings. The molecular weight excluding hydrogens is 302 g/mol. The van der Waals surface area contributed by atoms with Crippen LogP contribution in [0.3, 0.4) is 0 Å². The van der Waals surface area contributed by atoms with E-state index in [0.717, 1.165) is 19.3 Å². The van der Waals surface area contributed by atoms with Gasteiger partial charge in [0.05, 0.1) is 12.5 Å². The van der Waals surface area contributed by atoms with Crippen LogP contribution in [0.25, 0.3) is 0 Å². The Balaban J connectivity index is 1.74. The van der Waals surface area contributed by atoms with Crippen molar-refractivity contribution in [2.24, 2.45) is 17.8 Å². The number of hydrogen-bond acceptors (Lipinski definition) is 2. The fraction of sp³-hybridized carbons (Fsp3) is 0.625. The van der Waals surface area contributed by atoms with Crippen molar-refractivity contribution in [1.82, 2.24) is 0 Å². The first-order chi connectivity index (χ1) is 11.1. The third-order valence-electron chi connectivity index (χ3n) is 4.90. The van der Waals surface area contributed by atoms with Crippen LogP contribution in [-0.2, 0) is 0 Å². The van der Waals surface area contributed by atoms with Gasteiger partial charge in [-0.05, 0) is 74.0 Å². The molecule has 3 heteroatoms. The van der Waals surface area contributed by atoms with Gasteiger partial charge in [-0.2, -0.15) is 0 Å². The molecule has 1 aromatic carbocycles. The highest BCUT2D eigenvalue weighted by atomic mass is 79.9. The second kappa shape index (κ2) is 4.23. The lowest BCUT2D eigenvalue weighted by Crippen LogP contribution is -2.58. The van der Waals surface area contributed by atoms with Crippen LogP contribution in [0.2, 0.25) is 0 Å². The highest BCUT2D eigenvalue weighted by Gasteiger charge is 2.54. The number of halogens is 1. The summed E-state index contributed by atoms with van der Waals surface area (Å²) < 4.78 is 41.4. The van der Waals surface area contributed by atoms with Crippen LogP contribution >= 0.6 is 15.9 Å². The van der Waals surface area contributed by atoms with Gasteiger partial charge in [0, 0.05) is 16.2 Å². The topological polar surface area (TPSA) is 32.3 Å². The van der Waals surface area contributed by atoms with Crippen LogP contribution in [-0.4, -0.2) is 16.7 Å². The van der Waals surface area contributed by atoms with E-state index < -0.39 is 11.6 Å². The molecule has 102 valence electrons. The standard InChI is InChI=1S/C16H20BrNO/c17-13-1-3-14(4-2-13)18-15-11-5-10-6-12(15)9-16(19,7-10)8-11/h1-4,10-12,15,18-19H,5-9H2/i1D,2D,3D,4D,15D. The Morgan fingerprint density at radius 2 is 1.84 bits per heavy atom. The molecule has 4 aliphatic carbocycles. The smallest absolute Gasteiger partial charge is 0.0657 e. The van der Waals surface area contributed by atoms with Crippen molar-refractivity contribution in [3.63, 3.8) is 0 Å². The lowest BCUT2D eigenvalue weighted by molar-refractivity contribution is -0.129. The third-order valence-corrected chi connectivity index (χ3v) is 5.30. The molecule has 0 spiro atoms. The second-order valence-corrected chi connectivity index (χ2v) is 7.13. The van der Waals surface area contributed by atoms with E-state index >= 15 is 0 Å². The zero-order valence-corrected chi connectivity index (χ0v) is 12.2. The first-order valence-electron chi connectivity index (χ1n) is 9.41. The lowest BCUT2D eigenvalue weighted by atomic mass is 9.52. The molecule has 4 saturated carbocycles. The first kappa shape index (κ1) is 8.04. The van der Waals surface area contributed by atoms with E-state index in [-0.39, 0.29) is 46.2 Å². The SMILES string of the molecule is [2H]c1c([2H])c(NC2([2H])C3CC4CC2CC(O)(C4)C3)c([2H])c([2H])c1Br. The van der Waals surface area contributed by atoms with Crippen LogP contribution in [0.5, 0.6) is 0 Å². The van der Waals surface area contributed by atoms with Gasteiger partial charge in [0.15, 0.2) is 0 Å². The summed E-state index contributed by atoms with van der Waals surface area (Å²) in [4.78, 5) is 0. The predicted molar refractivity (Wildman–Crippen MR) is 80.1 cm³/mol. The summed E-state index contributed by atoms with van der Waals surface area (Å²) in [6.07, 6.45) is 3.75. The van der Waals surface area contributed by atoms with Crippen molar-refractivity contribution >= 4 is 21.6 Å². The van der Waals surface area contributed by atoms with Crippen molar-refractivity contribution in [1.29, 1.82) is 0 Å². The molecule has 0 aliphatic heterocycles. The van der Waals surface area contributed by atoms with E-state index in [2.05, 4.69) is 21.2 Å². The molecule has 4 bridgehead atoms. The highest BCUT2D eigenvalue weighted by molar-refractivity contribution is 9.10. The summed E-state index contributed by atoms with van der Waals surface area (Å²) in [7, 11) is 0. The molecule has 0 aromatic heterocycles. The molecule has 4 aliphatic rings. The molecule has 5 rings (SSSR count). The molecule has 2 nitrogen and oxygen atoms in total. The molecular formula is C16H20BrNO. The van der Waals surface area contributed by atoms with Gasteiger partial charge in [0.1, 0.15) is 0 Å². The molecule has 0 saturated heterocycles. The molecule has 2 unspecified atom stereocenters. The summed E-state index contributed by atoms with van der Waals surface area (Å²) >= 11 is 3.10. The zero-order valence-electron chi connectivity index (χ0n) is 15.6. The summed E-state index contributed by atoms with van der Waals surface area (Å²) in [5, 5.41) is 13.8. The maximum absolute atomic E-state index is 10.7. The number of benzene rings is 1. The average Bonchev–Trinajstić information content (AvgIpc) is 2.52. The monoisotopic (exact) mass is 326 g/mol. The highest BCUT2D eigenvalue weighted by Crippen LogP contribution is 2.56. The van der Waals surface area contributed by atoms with Gasteiger partial charge in [-0.3, -0.25) is 0 Å². The van der Waals surface area contributed by atoms with Crippen molar-refractivity contribution < 1.29 is 12.0 Å². The maximum atomic E-state index is 10.7. The number of aliphatic hydroxyl groups is 1. The number of anilines is 1. The largest absolute Gasteiger partial charge is 0.390 e. The van der Waals surface area contributed by atoms with Gasteiger partial charge in [-0.25, -0.2) is 0 Å². The number of nitrogens with one attached hydrogen (secondary N) is 1. The number of rotatable bonds is 2. The van der Waals surface area contributed by atoms with Gasteiger partial charge in [0.2, 0.25) is 0 Å². The molecule has 0 heterocycles. The molecule has 2 N–H and O–H groups in total. The minimum absolute atomic E-state index is 0.0282. The maximum Gasteiger partial charge on any atom is 0.0657 e. The van der Waals surface area contributed by atoms with Crippen LogP contribution < -0.4 is 5.32 Å². The zero-order chi connectivity index (χ0) is 17.4. The van der Waals surface area contributed by atoms with E-state index in [1.54, 1.807) is 0 Å². The summed E-state index contributed by atoms with van der Waals surface area (Å²) in [6.45, 7) is 0. The van der Waals surface area contributed by atoms with Gasteiger partial charge in [-0.1, -0.05) is 15.9 Å². The van der Waals surface area contributed by atoms with E-state index in [1.165, 1.54) is 0 Å². The minimum atomic E-state index is -1.04. The van der Waals surface area contributed by atoms with Crippen molar-refractivity contribution in [2.75, 3.05) is 5.32 Å². The van der Waals surface area contributed by atoms with Gasteiger partial charge < -0.3 is 10.4 Å². The summed E-state index contributed by atoms with van der Waals surface area (Å²) in [5.74, 6) is 0.404.